The van der Waals surface area contributed by atoms with Crippen LogP contribution in [0.1, 0.15) is 5.69 Å². The van der Waals surface area contributed by atoms with Crippen molar-refractivity contribution >= 4 is 33.3 Å². The molecule has 0 aliphatic heterocycles. The van der Waals surface area contributed by atoms with E-state index in [9.17, 15) is 0 Å². The molecule has 1 aromatic heterocycles. The molecule has 0 spiro atoms. The molecule has 0 atom stereocenters. The van der Waals surface area contributed by atoms with Crippen LogP contribution in [-0.4, -0.2) is 4.98 Å². The first-order chi connectivity index (χ1) is 10.7. The van der Waals surface area contributed by atoms with Crippen LogP contribution in [0.2, 0.25) is 5.02 Å². The molecule has 0 saturated heterocycles. The number of pyridine rings is 1. The number of fused-ring (bicyclic) bond motifs is 2. The molecule has 0 saturated carbocycles. The van der Waals surface area contributed by atoms with Gasteiger partial charge in [-0.05, 0) is 30.5 Å². The lowest BCUT2D eigenvalue weighted by Gasteiger charge is -1.97. The number of para-hydroxylation sites is 1. The average Bonchev–Trinajstić information content (AvgIpc) is 2.56. The maximum Gasteiger partial charge on any atom is 0.0705 e. The van der Waals surface area contributed by atoms with Crippen molar-refractivity contribution in [2.24, 2.45) is 0 Å². The summed E-state index contributed by atoms with van der Waals surface area (Å²) >= 11 is 5.96. The molecule has 0 bridgehead atoms. The lowest BCUT2D eigenvalue weighted by atomic mass is 10.1. The third-order valence-corrected chi connectivity index (χ3v) is 3.80. The highest BCUT2D eigenvalue weighted by atomic mass is 35.5. The smallest absolute Gasteiger partial charge is 0.0705 e. The maximum absolute atomic E-state index is 5.96. The van der Waals surface area contributed by atoms with E-state index in [4.69, 9.17) is 11.6 Å². The Bertz CT molecular complexity index is 904. The second kappa shape index (κ2) is 6.59. The summed E-state index contributed by atoms with van der Waals surface area (Å²) < 4.78 is 0. The molecule has 2 heteroatoms. The zero-order chi connectivity index (χ0) is 15.4. The number of aromatic nitrogens is 1. The Labute approximate surface area is 135 Å². The molecule has 0 radical (unpaired) electrons. The second-order valence-corrected chi connectivity index (χ2v) is 5.51. The van der Waals surface area contributed by atoms with Gasteiger partial charge in [-0.3, -0.25) is 4.98 Å². The third kappa shape index (κ3) is 3.26. The maximum atomic E-state index is 5.96. The summed E-state index contributed by atoms with van der Waals surface area (Å²) in [5, 5.41) is 4.35. The van der Waals surface area contributed by atoms with Crippen molar-refractivity contribution in [1.29, 1.82) is 0 Å². The van der Waals surface area contributed by atoms with E-state index in [1.807, 2.05) is 61.5 Å². The fourth-order valence-electron chi connectivity index (χ4n) is 2.35. The molecule has 1 heterocycles. The Morgan fingerprint density at radius 1 is 0.682 bits per heavy atom. The predicted octanol–water partition coefficient (Wildman–Crippen LogP) is 6.04. The van der Waals surface area contributed by atoms with Crippen LogP contribution in [0.15, 0.2) is 78.9 Å². The van der Waals surface area contributed by atoms with Crippen LogP contribution in [-0.2, 0) is 0 Å². The highest BCUT2D eigenvalue weighted by Crippen LogP contribution is 2.22. The van der Waals surface area contributed by atoms with Crippen LogP contribution in [0.3, 0.4) is 0 Å². The van der Waals surface area contributed by atoms with Crippen molar-refractivity contribution in [3.05, 3.63) is 89.6 Å². The topological polar surface area (TPSA) is 12.9 Å². The molecule has 4 aromatic rings. The van der Waals surface area contributed by atoms with Gasteiger partial charge in [-0.2, -0.15) is 0 Å². The molecule has 4 rings (SSSR count). The molecule has 1 nitrogen and oxygen atoms in total. The highest BCUT2D eigenvalue weighted by Gasteiger charge is 1.94. The number of halogens is 1. The molecule has 0 fully saturated rings. The van der Waals surface area contributed by atoms with E-state index >= 15 is 0 Å². The van der Waals surface area contributed by atoms with Crippen molar-refractivity contribution in [1.82, 2.24) is 4.98 Å². The van der Waals surface area contributed by atoms with Gasteiger partial charge in [0.25, 0.3) is 0 Å². The van der Waals surface area contributed by atoms with Gasteiger partial charge in [0.1, 0.15) is 0 Å². The van der Waals surface area contributed by atoms with Gasteiger partial charge >= 0.3 is 0 Å². The zero-order valence-electron chi connectivity index (χ0n) is 12.3. The standard InChI is InChI=1S/C10H7Cl.C10H9N/c11-10-7-3-5-8-4-1-2-6-9(8)10;1-8-6-7-9-4-2-3-5-10(9)11-8/h1-7H;2-7H,1H3. The van der Waals surface area contributed by atoms with E-state index in [0.717, 1.165) is 21.6 Å². The Morgan fingerprint density at radius 3 is 2.18 bits per heavy atom. The fraction of sp³-hybridized carbons (Fsp3) is 0.0500. The van der Waals surface area contributed by atoms with E-state index < -0.39 is 0 Å². The summed E-state index contributed by atoms with van der Waals surface area (Å²) in [6.07, 6.45) is 0. The first-order valence-corrected chi connectivity index (χ1v) is 7.57. The van der Waals surface area contributed by atoms with Crippen LogP contribution in [0, 0.1) is 6.92 Å². The molecule has 0 N–H and O–H groups in total. The Hall–Kier alpha value is -2.38. The fourth-order valence-corrected chi connectivity index (χ4v) is 2.60. The molecule has 108 valence electrons. The summed E-state index contributed by atoms with van der Waals surface area (Å²) in [5.41, 5.74) is 2.15. The third-order valence-electron chi connectivity index (χ3n) is 3.47. The quantitative estimate of drug-likeness (QED) is 0.386. The van der Waals surface area contributed by atoms with Crippen molar-refractivity contribution < 1.29 is 0 Å². The Kier molecular flexibility index (Phi) is 4.36. The Morgan fingerprint density at radius 2 is 1.36 bits per heavy atom. The normalized spacial score (nSPS) is 10.3. The van der Waals surface area contributed by atoms with Gasteiger partial charge in [-0.25, -0.2) is 0 Å². The largest absolute Gasteiger partial charge is 0.253 e. The SMILES string of the molecule is Cc1ccc2ccccc2n1.Clc1cccc2ccccc12. The van der Waals surface area contributed by atoms with Gasteiger partial charge in [0.15, 0.2) is 0 Å². The average molecular weight is 306 g/mol. The molecule has 0 aliphatic carbocycles. The predicted molar refractivity (Wildman–Crippen MR) is 95.4 cm³/mol. The number of aryl methyl sites for hydroxylation is 1. The number of rotatable bonds is 0. The molecule has 22 heavy (non-hydrogen) atoms. The molecular formula is C20H16ClN. The molecule has 0 amide bonds. The van der Waals surface area contributed by atoms with E-state index in [-0.39, 0.29) is 0 Å². The van der Waals surface area contributed by atoms with Crippen LogP contribution in [0.4, 0.5) is 0 Å². The summed E-state index contributed by atoms with van der Waals surface area (Å²) in [5.74, 6) is 0. The number of benzene rings is 3. The van der Waals surface area contributed by atoms with Gasteiger partial charge in [-0.1, -0.05) is 72.3 Å². The van der Waals surface area contributed by atoms with Crippen molar-refractivity contribution in [2.45, 2.75) is 6.92 Å². The van der Waals surface area contributed by atoms with E-state index in [0.29, 0.717) is 0 Å². The minimum absolute atomic E-state index is 0.822. The molecule has 3 aromatic carbocycles. The minimum atomic E-state index is 0.822. The van der Waals surface area contributed by atoms with Gasteiger partial charge in [0.05, 0.1) is 5.52 Å². The van der Waals surface area contributed by atoms with E-state index in [1.165, 1.54) is 10.8 Å². The second-order valence-electron chi connectivity index (χ2n) is 5.11. The van der Waals surface area contributed by atoms with Crippen LogP contribution in [0.25, 0.3) is 21.7 Å². The first-order valence-electron chi connectivity index (χ1n) is 7.20. The van der Waals surface area contributed by atoms with Gasteiger partial charge < -0.3 is 0 Å². The number of nitrogens with zero attached hydrogens (tertiary/aromatic N) is 1. The van der Waals surface area contributed by atoms with Crippen LogP contribution < -0.4 is 0 Å². The monoisotopic (exact) mass is 305 g/mol. The van der Waals surface area contributed by atoms with Gasteiger partial charge in [0.2, 0.25) is 0 Å². The Balaban J connectivity index is 0.000000131. The van der Waals surface area contributed by atoms with Crippen LogP contribution >= 0.6 is 11.6 Å². The summed E-state index contributed by atoms with van der Waals surface area (Å²) in [4.78, 5) is 4.38. The molecule has 0 unspecified atom stereocenters. The van der Waals surface area contributed by atoms with Crippen LogP contribution in [0.5, 0.6) is 0 Å². The molecular weight excluding hydrogens is 290 g/mol. The van der Waals surface area contributed by atoms with Gasteiger partial charge in [-0.15, -0.1) is 0 Å². The summed E-state index contributed by atoms with van der Waals surface area (Å²) in [6, 6.07) is 26.3. The molecule has 0 aliphatic rings. The van der Waals surface area contributed by atoms with E-state index in [1.54, 1.807) is 0 Å². The van der Waals surface area contributed by atoms with Gasteiger partial charge in [0, 0.05) is 21.5 Å². The highest BCUT2D eigenvalue weighted by molar-refractivity contribution is 6.35. The zero-order valence-corrected chi connectivity index (χ0v) is 13.1. The summed E-state index contributed by atoms with van der Waals surface area (Å²) in [7, 11) is 0. The number of hydrogen-bond acceptors (Lipinski definition) is 1. The first kappa shape index (κ1) is 14.6. The lowest BCUT2D eigenvalue weighted by molar-refractivity contribution is 1.26. The van der Waals surface area contributed by atoms with Crippen molar-refractivity contribution in [3.63, 3.8) is 0 Å². The lowest BCUT2D eigenvalue weighted by Crippen LogP contribution is -1.80. The number of hydrogen-bond donors (Lipinski definition) is 0. The summed E-state index contributed by atoms with van der Waals surface area (Å²) in [6.45, 7) is 2.01. The van der Waals surface area contributed by atoms with Crippen molar-refractivity contribution in [2.75, 3.05) is 0 Å². The van der Waals surface area contributed by atoms with E-state index in [2.05, 4.69) is 29.2 Å². The van der Waals surface area contributed by atoms with Crippen molar-refractivity contribution in [3.8, 4) is 0 Å². The minimum Gasteiger partial charge on any atom is -0.253 e.